The van der Waals surface area contributed by atoms with E-state index in [1.165, 1.54) is 6.07 Å². The Morgan fingerprint density at radius 1 is 1.56 bits per heavy atom. The topological polar surface area (TPSA) is 52.4 Å². The normalized spacial score (nSPS) is 12.2. The molecule has 1 aromatic rings. The highest BCUT2D eigenvalue weighted by Crippen LogP contribution is 2.34. The summed E-state index contributed by atoms with van der Waals surface area (Å²) >= 11 is 6.57. The Morgan fingerprint density at radius 3 is 2.81 bits per heavy atom. The van der Waals surface area contributed by atoms with Crippen molar-refractivity contribution < 1.29 is 9.66 Å². The van der Waals surface area contributed by atoms with E-state index in [0.29, 0.717) is 22.7 Å². The first-order valence-electron chi connectivity index (χ1n) is 4.68. The van der Waals surface area contributed by atoms with Crippen LogP contribution in [0.25, 0.3) is 0 Å². The molecule has 0 saturated heterocycles. The van der Waals surface area contributed by atoms with Crippen LogP contribution in [0.1, 0.15) is 6.92 Å². The molecule has 0 aliphatic heterocycles. The number of nitrogens with zero attached hydrogens (tertiary/aromatic N) is 1. The average Bonchev–Trinajstić information content (AvgIpc) is 2.26. The monoisotopic (exact) mass is 351 g/mol. The van der Waals surface area contributed by atoms with Crippen molar-refractivity contribution in [2.24, 2.45) is 5.92 Å². The number of alkyl halides is 1. The molecule has 1 unspecified atom stereocenters. The van der Waals surface area contributed by atoms with Gasteiger partial charge >= 0.3 is 5.69 Å². The zero-order valence-electron chi connectivity index (χ0n) is 8.65. The van der Waals surface area contributed by atoms with Gasteiger partial charge in [0.15, 0.2) is 0 Å². The van der Waals surface area contributed by atoms with Gasteiger partial charge in [0.25, 0.3) is 0 Å². The second-order valence-corrected chi connectivity index (χ2v) is 4.92. The minimum absolute atomic E-state index is 0.0175. The molecule has 88 valence electrons. The van der Waals surface area contributed by atoms with Crippen molar-refractivity contribution in [1.29, 1.82) is 0 Å². The van der Waals surface area contributed by atoms with E-state index in [1.54, 1.807) is 12.1 Å². The van der Waals surface area contributed by atoms with Crippen LogP contribution in [0, 0.1) is 16.0 Å². The minimum atomic E-state index is -0.446. The van der Waals surface area contributed by atoms with E-state index in [9.17, 15) is 10.1 Å². The number of hydrogen-bond donors (Lipinski definition) is 0. The second kappa shape index (κ2) is 6.20. The molecule has 1 aromatic carbocycles. The minimum Gasteiger partial charge on any atom is -0.486 e. The first kappa shape index (κ1) is 13.4. The van der Waals surface area contributed by atoms with Crippen LogP contribution in [0.3, 0.4) is 0 Å². The van der Waals surface area contributed by atoms with Crippen LogP contribution in [0.5, 0.6) is 5.75 Å². The number of para-hydroxylation sites is 1. The molecule has 0 N–H and O–H groups in total. The molecular weight excluding hydrogens is 342 g/mol. The fourth-order valence-corrected chi connectivity index (χ4v) is 1.71. The van der Waals surface area contributed by atoms with Crippen molar-refractivity contribution >= 4 is 37.5 Å². The summed E-state index contributed by atoms with van der Waals surface area (Å²) in [5, 5.41) is 11.6. The fraction of sp³-hybridized carbons (Fsp3) is 0.400. The molecule has 0 saturated carbocycles. The van der Waals surface area contributed by atoms with Crippen LogP contribution in [0.2, 0.25) is 0 Å². The molecule has 0 fully saturated rings. The summed E-state index contributed by atoms with van der Waals surface area (Å²) in [4.78, 5) is 10.3. The van der Waals surface area contributed by atoms with Crippen LogP contribution in [-0.4, -0.2) is 16.9 Å². The van der Waals surface area contributed by atoms with Gasteiger partial charge in [0.05, 0.1) is 16.0 Å². The number of benzene rings is 1. The number of nitro groups is 1. The number of rotatable bonds is 5. The first-order valence-corrected chi connectivity index (χ1v) is 6.59. The van der Waals surface area contributed by atoms with Gasteiger partial charge in [0.2, 0.25) is 5.75 Å². The third-order valence-corrected chi connectivity index (χ3v) is 3.65. The van der Waals surface area contributed by atoms with Gasteiger partial charge in [-0.15, -0.1) is 0 Å². The summed E-state index contributed by atoms with van der Waals surface area (Å²) in [6.45, 7) is 2.44. The Labute approximate surface area is 110 Å². The Morgan fingerprint density at radius 2 is 2.25 bits per heavy atom. The van der Waals surface area contributed by atoms with Crippen molar-refractivity contribution in [3.8, 4) is 5.75 Å². The van der Waals surface area contributed by atoms with Crippen molar-refractivity contribution in [2.75, 3.05) is 11.9 Å². The van der Waals surface area contributed by atoms with Crippen molar-refractivity contribution in [3.63, 3.8) is 0 Å². The maximum absolute atomic E-state index is 10.8. The van der Waals surface area contributed by atoms with Crippen molar-refractivity contribution in [2.45, 2.75) is 6.92 Å². The quantitative estimate of drug-likeness (QED) is 0.460. The Bertz CT molecular complexity index is 384. The molecule has 0 radical (unpaired) electrons. The molecule has 0 spiro atoms. The molecule has 16 heavy (non-hydrogen) atoms. The van der Waals surface area contributed by atoms with Crippen LogP contribution < -0.4 is 4.74 Å². The predicted molar refractivity (Wildman–Crippen MR) is 69.2 cm³/mol. The van der Waals surface area contributed by atoms with E-state index in [0.717, 1.165) is 5.33 Å². The number of halogens is 2. The van der Waals surface area contributed by atoms with Gasteiger partial charge in [0.1, 0.15) is 0 Å². The zero-order valence-corrected chi connectivity index (χ0v) is 11.8. The summed E-state index contributed by atoms with van der Waals surface area (Å²) < 4.78 is 6.06. The van der Waals surface area contributed by atoms with E-state index in [-0.39, 0.29) is 5.69 Å². The number of hydrogen-bond acceptors (Lipinski definition) is 3. The highest BCUT2D eigenvalue weighted by Gasteiger charge is 2.18. The standard InChI is InChI=1S/C10H11Br2NO3/c1-7(5-11)6-16-10-8(12)3-2-4-9(10)13(14)15/h2-4,7H,5-6H2,1H3. The van der Waals surface area contributed by atoms with E-state index in [4.69, 9.17) is 4.74 Å². The van der Waals surface area contributed by atoms with Crippen molar-refractivity contribution in [1.82, 2.24) is 0 Å². The Hall–Kier alpha value is -0.620. The highest BCUT2D eigenvalue weighted by molar-refractivity contribution is 9.10. The van der Waals surface area contributed by atoms with Crippen molar-refractivity contribution in [3.05, 3.63) is 32.8 Å². The molecule has 0 aliphatic carbocycles. The van der Waals surface area contributed by atoms with Gasteiger partial charge in [-0.2, -0.15) is 0 Å². The summed E-state index contributed by atoms with van der Waals surface area (Å²) in [6, 6.07) is 4.77. The average molecular weight is 353 g/mol. The predicted octanol–water partition coefficient (Wildman–Crippen LogP) is 3.77. The highest BCUT2D eigenvalue weighted by atomic mass is 79.9. The summed E-state index contributed by atoms with van der Waals surface area (Å²) in [6.07, 6.45) is 0. The maximum Gasteiger partial charge on any atom is 0.312 e. The molecule has 4 nitrogen and oxygen atoms in total. The van der Waals surface area contributed by atoms with E-state index >= 15 is 0 Å². The maximum atomic E-state index is 10.8. The summed E-state index contributed by atoms with van der Waals surface area (Å²) in [5.41, 5.74) is -0.0175. The lowest BCUT2D eigenvalue weighted by Gasteiger charge is -2.11. The Balaban J connectivity index is 2.88. The largest absolute Gasteiger partial charge is 0.486 e. The third-order valence-electron chi connectivity index (χ3n) is 1.92. The number of ether oxygens (including phenoxy) is 1. The molecule has 0 aromatic heterocycles. The van der Waals surface area contributed by atoms with Gasteiger partial charge in [-0.05, 0) is 27.9 Å². The third kappa shape index (κ3) is 3.45. The summed E-state index contributed by atoms with van der Waals surface area (Å²) in [5.74, 6) is 0.590. The van der Waals surface area contributed by atoms with Gasteiger partial charge in [-0.1, -0.05) is 28.9 Å². The molecule has 0 amide bonds. The van der Waals surface area contributed by atoms with E-state index in [2.05, 4.69) is 31.9 Å². The lowest BCUT2D eigenvalue weighted by atomic mass is 10.2. The lowest BCUT2D eigenvalue weighted by Crippen LogP contribution is -2.10. The Kier molecular flexibility index (Phi) is 5.21. The molecular formula is C10H11Br2NO3. The second-order valence-electron chi connectivity index (χ2n) is 3.42. The zero-order chi connectivity index (χ0) is 12.1. The smallest absolute Gasteiger partial charge is 0.312 e. The van der Waals surface area contributed by atoms with Gasteiger partial charge in [-0.3, -0.25) is 10.1 Å². The fourth-order valence-electron chi connectivity index (χ4n) is 1.05. The van der Waals surface area contributed by atoms with Crippen LogP contribution in [0.4, 0.5) is 5.69 Å². The van der Waals surface area contributed by atoms with Gasteiger partial charge < -0.3 is 4.74 Å². The van der Waals surface area contributed by atoms with Crippen LogP contribution >= 0.6 is 31.9 Å². The summed E-state index contributed by atoms with van der Waals surface area (Å²) in [7, 11) is 0. The van der Waals surface area contributed by atoms with Crippen LogP contribution in [0.15, 0.2) is 22.7 Å². The van der Waals surface area contributed by atoms with E-state index < -0.39 is 4.92 Å². The number of nitro benzene ring substituents is 1. The van der Waals surface area contributed by atoms with Gasteiger partial charge in [0, 0.05) is 11.4 Å². The molecule has 0 aliphatic rings. The molecule has 0 heterocycles. The first-order chi connectivity index (χ1) is 7.56. The molecule has 1 rings (SSSR count). The van der Waals surface area contributed by atoms with E-state index in [1.807, 2.05) is 6.92 Å². The van der Waals surface area contributed by atoms with Crippen LogP contribution in [-0.2, 0) is 0 Å². The van der Waals surface area contributed by atoms with Gasteiger partial charge in [-0.25, -0.2) is 0 Å². The SMILES string of the molecule is CC(CBr)COc1c(Br)cccc1[N+](=O)[O-]. The lowest BCUT2D eigenvalue weighted by molar-refractivity contribution is -0.386. The molecule has 0 bridgehead atoms. The molecule has 6 heteroatoms. The molecule has 1 atom stereocenters.